The van der Waals surface area contributed by atoms with E-state index in [4.69, 9.17) is 14.2 Å². The molecule has 0 saturated heterocycles. The van der Waals surface area contributed by atoms with Crippen molar-refractivity contribution < 1.29 is 58.3 Å². The van der Waals surface area contributed by atoms with E-state index >= 15 is 0 Å². The second kappa shape index (κ2) is 25.7. The van der Waals surface area contributed by atoms with Crippen LogP contribution >= 0.6 is 0 Å². The number of Topliss-reactive ketones (excluding diaryl/α,β-unsaturated/α-hetero) is 3. The first kappa shape index (κ1) is 67.0. The second-order valence-electron chi connectivity index (χ2n) is 33.6. The zero-order valence-electron chi connectivity index (χ0n) is 56.6. The van der Waals surface area contributed by atoms with Gasteiger partial charge in [-0.15, -0.1) is 0 Å². The molecule has 3 N–H and O–H groups in total. The number of carbonyl (C=O) groups is 6. The van der Waals surface area contributed by atoms with Crippen molar-refractivity contribution in [3.63, 3.8) is 0 Å². The third-order valence-corrected chi connectivity index (χ3v) is 30.1. The monoisotopic (exact) mass is 1230 g/mol. The van der Waals surface area contributed by atoms with Crippen LogP contribution < -0.4 is 0 Å². The standard InChI is InChI=1S/C29H40O4.2C24H38O4/c1-4-24(30)23-13-12-21-20-11-10-19-16-25(31)26(33-27(32)18-8-6-5-7-9-18)17-29(19,3)22(20)14-15-28(21,23)2;1-5-21(27)19-7-6-17-16-13-22(28-14(2)25)20-12-15(26)8-10-24(20,4)18(16)9-11-23(17,19)3;1-5-20(26)19-9-8-17-16-7-6-15-12-21(27)22(28-14(2)25)13-24(15,4)18(16)10-11-23(17,19)3/h5-9,19-23,25-26,31H,4,10-17H2,1-3H3;15-20,22,26H,5-13H2,1-4H3;15-19,21-22,27H,5-13H2,1-4H3/t19-,20-,21-,22-,23+,25-,26-,28-,29-;15-,16+,17+,18+,19-,20-,22+,23+,24-;15-,16-,17-,18-,19+,21-,22-,23-,24-/m010/s1. The van der Waals surface area contributed by atoms with Crippen LogP contribution in [0.4, 0.5) is 0 Å². The van der Waals surface area contributed by atoms with Gasteiger partial charge in [-0.2, -0.15) is 0 Å². The smallest absolute Gasteiger partial charge is 0.338 e. The average Bonchev–Trinajstić information content (AvgIpc) is 1.72. The maximum absolute atomic E-state index is 12.8. The third kappa shape index (κ3) is 11.7. The molecule has 12 aliphatic rings. The molecule has 12 heteroatoms. The Hall–Kier alpha value is -3.48. The van der Waals surface area contributed by atoms with Crippen molar-refractivity contribution in [2.75, 3.05) is 0 Å². The largest absolute Gasteiger partial charge is 0.462 e. The summed E-state index contributed by atoms with van der Waals surface area (Å²) < 4.78 is 17.3. The van der Waals surface area contributed by atoms with Crippen molar-refractivity contribution in [2.24, 2.45) is 121 Å². The first-order valence-corrected chi connectivity index (χ1v) is 36.4. The van der Waals surface area contributed by atoms with Crippen molar-refractivity contribution >= 4 is 35.3 Å². The summed E-state index contributed by atoms with van der Waals surface area (Å²) in [6.07, 6.45) is 24.8. The molecule has 0 amide bonds. The first-order valence-electron chi connectivity index (χ1n) is 36.4. The lowest BCUT2D eigenvalue weighted by atomic mass is 9.44. The van der Waals surface area contributed by atoms with Gasteiger partial charge in [-0.25, -0.2) is 4.79 Å². The van der Waals surface area contributed by atoms with E-state index in [-0.39, 0.29) is 92.4 Å². The number of ether oxygens (including phenoxy) is 3. The van der Waals surface area contributed by atoms with E-state index in [1.807, 2.05) is 39.0 Å². The molecular formula is C77H116O12. The van der Waals surface area contributed by atoms with Gasteiger partial charge in [0.2, 0.25) is 0 Å². The number of rotatable bonds is 10. The minimum Gasteiger partial charge on any atom is -0.462 e. The minimum absolute atomic E-state index is 0.0813. The highest BCUT2D eigenvalue weighted by molar-refractivity contribution is 5.89. The highest BCUT2D eigenvalue weighted by Crippen LogP contribution is 2.71. The number of aliphatic hydroxyl groups is 3. The molecule has 12 saturated carbocycles. The molecule has 496 valence electrons. The Bertz CT molecular complexity index is 2760. The van der Waals surface area contributed by atoms with Crippen LogP contribution in [0.5, 0.6) is 0 Å². The zero-order valence-corrected chi connectivity index (χ0v) is 56.6. The number of aliphatic hydroxyl groups excluding tert-OH is 3. The number of fused-ring (bicyclic) bond motifs is 15. The van der Waals surface area contributed by atoms with Crippen LogP contribution in [0.2, 0.25) is 0 Å². The predicted octanol–water partition coefficient (Wildman–Crippen LogP) is 14.9. The van der Waals surface area contributed by atoms with Gasteiger partial charge in [0.15, 0.2) is 0 Å². The lowest BCUT2D eigenvalue weighted by Gasteiger charge is -2.62. The molecule has 0 spiro atoms. The highest BCUT2D eigenvalue weighted by Gasteiger charge is 2.66. The van der Waals surface area contributed by atoms with Crippen molar-refractivity contribution in [3.05, 3.63) is 35.9 Å². The van der Waals surface area contributed by atoms with E-state index in [1.165, 1.54) is 58.8 Å². The molecule has 0 radical (unpaired) electrons. The van der Waals surface area contributed by atoms with Gasteiger partial charge in [0.05, 0.1) is 23.9 Å². The Morgan fingerprint density at radius 1 is 0.404 bits per heavy atom. The Labute approximate surface area is 534 Å². The van der Waals surface area contributed by atoms with Crippen molar-refractivity contribution in [3.8, 4) is 0 Å². The van der Waals surface area contributed by atoms with Gasteiger partial charge in [0, 0.05) is 56.8 Å². The molecular weight excluding hydrogens is 1120 g/mol. The number of hydrogen-bond acceptors (Lipinski definition) is 12. The summed E-state index contributed by atoms with van der Waals surface area (Å²) >= 11 is 0. The summed E-state index contributed by atoms with van der Waals surface area (Å²) in [6, 6.07) is 9.12. The van der Waals surface area contributed by atoms with Crippen LogP contribution in [0.15, 0.2) is 30.3 Å². The minimum atomic E-state index is -0.584. The van der Waals surface area contributed by atoms with E-state index in [0.717, 1.165) is 109 Å². The van der Waals surface area contributed by atoms with E-state index in [0.29, 0.717) is 107 Å². The summed E-state index contributed by atoms with van der Waals surface area (Å²) in [5.41, 5.74) is 1.35. The molecule has 12 nitrogen and oxygen atoms in total. The molecule has 89 heavy (non-hydrogen) atoms. The summed E-state index contributed by atoms with van der Waals surface area (Å²) in [5.74, 6) is 8.13. The summed E-state index contributed by atoms with van der Waals surface area (Å²) in [6.45, 7) is 23.4. The molecule has 0 bridgehead atoms. The van der Waals surface area contributed by atoms with Gasteiger partial charge in [0.25, 0.3) is 0 Å². The fourth-order valence-electron chi connectivity index (χ4n) is 25.7. The van der Waals surface area contributed by atoms with Crippen LogP contribution in [0.25, 0.3) is 0 Å². The van der Waals surface area contributed by atoms with Crippen molar-refractivity contribution in [1.29, 1.82) is 0 Å². The molecule has 12 aliphatic carbocycles. The number of carbonyl (C=O) groups excluding carboxylic acids is 6. The van der Waals surface area contributed by atoms with Crippen LogP contribution in [0.1, 0.15) is 260 Å². The van der Waals surface area contributed by atoms with E-state index in [2.05, 4.69) is 41.5 Å². The van der Waals surface area contributed by atoms with Crippen LogP contribution in [0.3, 0.4) is 0 Å². The Morgan fingerprint density at radius 2 is 0.787 bits per heavy atom. The number of hydrogen-bond donors (Lipinski definition) is 3. The van der Waals surface area contributed by atoms with Gasteiger partial charge in [-0.3, -0.25) is 24.0 Å². The summed E-state index contributed by atoms with van der Waals surface area (Å²) in [7, 11) is 0. The summed E-state index contributed by atoms with van der Waals surface area (Å²) in [4.78, 5) is 74.2. The van der Waals surface area contributed by atoms with Gasteiger partial charge in [0.1, 0.15) is 35.7 Å². The van der Waals surface area contributed by atoms with Crippen LogP contribution in [0, 0.1) is 121 Å². The van der Waals surface area contributed by atoms with E-state index in [9.17, 15) is 44.1 Å². The SMILES string of the molecule is CCC(=O)[C@H]1CC[C@H]2[C@@H]3CC[C@H]4C[C@H](O)[C@@H](OC(=O)c5ccccc5)C[C@]4(C)[C@H]3CC[C@]12C.CCC(=O)[C@H]1CC[C@H]2[C@@H]3CC[C@H]4C[C@H](O)[C@@H](OC(C)=O)C[C@]4(C)[C@H]3CC[C@]12C.CCC(=O)[C@H]1CC[C@H]2[C@@H]3C[C@H](OC(C)=O)[C@H]4C[C@H](O)CC[C@]4(C)[C@H]3CC[C@]12C. The fourth-order valence-corrected chi connectivity index (χ4v) is 25.7. The third-order valence-electron chi connectivity index (χ3n) is 30.1. The molecule has 0 unspecified atom stereocenters. The van der Waals surface area contributed by atoms with Crippen molar-refractivity contribution in [1.82, 2.24) is 0 Å². The molecule has 0 aromatic heterocycles. The molecule has 13 rings (SSSR count). The van der Waals surface area contributed by atoms with E-state index in [1.54, 1.807) is 12.1 Å². The van der Waals surface area contributed by atoms with Gasteiger partial charge >= 0.3 is 17.9 Å². The lowest BCUT2D eigenvalue weighted by Crippen LogP contribution is -2.59. The highest BCUT2D eigenvalue weighted by atomic mass is 16.6. The molecule has 1 aromatic carbocycles. The van der Waals surface area contributed by atoms with Crippen LogP contribution in [-0.4, -0.2) is 87.2 Å². The normalized spacial score (nSPS) is 48.0. The van der Waals surface area contributed by atoms with Gasteiger partial charge in [-0.05, 0) is 264 Å². The Morgan fingerprint density at radius 3 is 1.21 bits per heavy atom. The number of benzene rings is 1. The molecule has 27 atom stereocenters. The molecule has 0 aliphatic heterocycles. The van der Waals surface area contributed by atoms with Crippen LogP contribution in [-0.2, 0) is 38.2 Å². The predicted molar refractivity (Wildman–Crippen MR) is 342 cm³/mol. The maximum Gasteiger partial charge on any atom is 0.338 e. The maximum atomic E-state index is 12.8. The molecule has 12 fully saturated rings. The van der Waals surface area contributed by atoms with Gasteiger partial charge in [-0.1, -0.05) is 80.5 Å². The average molecular weight is 1230 g/mol. The summed E-state index contributed by atoms with van der Waals surface area (Å²) in [5, 5.41) is 31.8. The second-order valence-corrected chi connectivity index (χ2v) is 33.6. The Kier molecular flexibility index (Phi) is 19.3. The zero-order chi connectivity index (χ0) is 63.9. The van der Waals surface area contributed by atoms with E-state index < -0.39 is 18.3 Å². The molecule has 1 aromatic rings. The van der Waals surface area contributed by atoms with Gasteiger partial charge < -0.3 is 29.5 Å². The van der Waals surface area contributed by atoms with Crippen molar-refractivity contribution in [2.45, 2.75) is 286 Å². The lowest BCUT2D eigenvalue weighted by molar-refractivity contribution is -0.191. The topological polar surface area (TPSA) is 191 Å². The Balaban J connectivity index is 0.000000138. The quantitative estimate of drug-likeness (QED) is 0.149. The fraction of sp³-hybridized carbons (Fsp3) is 0.844. The first-order chi connectivity index (χ1) is 42.2. The molecule has 0 heterocycles. The number of esters is 3. The number of ketones is 3.